The third kappa shape index (κ3) is 9.44. The minimum absolute atomic E-state index is 0.0222. The molecule has 0 saturated carbocycles. The van der Waals surface area contributed by atoms with Crippen LogP contribution >= 0.6 is 0 Å². The minimum Gasteiger partial charge on any atom is -0.481 e. The van der Waals surface area contributed by atoms with Crippen LogP contribution in [0, 0.1) is 4.91 Å². The van der Waals surface area contributed by atoms with Crippen LogP contribution in [-0.4, -0.2) is 74.1 Å². The molecule has 0 radical (unpaired) electrons. The van der Waals surface area contributed by atoms with Crippen LogP contribution in [0.4, 0.5) is 0 Å². The predicted molar refractivity (Wildman–Crippen MR) is 119 cm³/mol. The number of Topliss-reactive ketones (excluding diaryl/α,β-unsaturated/α-hetero) is 2. The fraction of sp³-hybridized carbons (Fsp3) is 0.739. The van der Waals surface area contributed by atoms with Crippen LogP contribution in [0.2, 0.25) is 0 Å². The van der Waals surface area contributed by atoms with Gasteiger partial charge in [0.15, 0.2) is 0 Å². The second kappa shape index (κ2) is 12.7. The van der Waals surface area contributed by atoms with E-state index in [1.807, 2.05) is 0 Å². The number of hydrogen-bond acceptors (Lipinski definition) is 11. The molecule has 36 heavy (non-hydrogen) atoms. The van der Waals surface area contributed by atoms with Gasteiger partial charge in [-0.3, -0.25) is 28.8 Å². The predicted octanol–water partition coefficient (Wildman–Crippen LogP) is 1.45. The third-order valence-corrected chi connectivity index (χ3v) is 6.31. The van der Waals surface area contributed by atoms with E-state index in [1.54, 1.807) is 0 Å². The molecule has 0 aromatic heterocycles. The van der Waals surface area contributed by atoms with Crippen molar-refractivity contribution >= 4 is 35.4 Å². The highest BCUT2D eigenvalue weighted by molar-refractivity contribution is 5.81. The average molecular weight is 513 g/mol. The largest absolute Gasteiger partial charge is 0.481 e. The number of aliphatic carboxylic acids is 2. The number of carbonyl (C=O) groups excluding carboxylic acids is 4. The normalized spacial score (nSPS) is 28.0. The van der Waals surface area contributed by atoms with E-state index in [4.69, 9.17) is 19.7 Å². The Labute approximate surface area is 206 Å². The van der Waals surface area contributed by atoms with Crippen molar-refractivity contribution < 1.29 is 53.6 Å². The van der Waals surface area contributed by atoms with Crippen molar-refractivity contribution in [2.75, 3.05) is 0 Å². The van der Waals surface area contributed by atoms with Gasteiger partial charge < -0.3 is 24.8 Å². The molecule has 2 rings (SSSR count). The Kier molecular flexibility index (Phi) is 10.2. The Morgan fingerprint density at radius 3 is 1.81 bits per heavy atom. The highest BCUT2D eigenvalue weighted by Crippen LogP contribution is 2.34. The molecule has 2 fully saturated rings. The van der Waals surface area contributed by atoms with E-state index in [2.05, 4.69) is 5.18 Å². The monoisotopic (exact) mass is 513 g/mol. The molecule has 2 saturated heterocycles. The fourth-order valence-corrected chi connectivity index (χ4v) is 4.70. The average Bonchev–Trinajstić information content (AvgIpc) is 2.74. The summed E-state index contributed by atoms with van der Waals surface area (Å²) in [6.45, 7) is 0. The summed E-state index contributed by atoms with van der Waals surface area (Å²) >= 11 is 0. The molecule has 0 amide bonds. The first-order chi connectivity index (χ1) is 16.8. The smallest absolute Gasteiger partial charge is 0.309 e. The molecule has 0 bridgehead atoms. The van der Waals surface area contributed by atoms with Crippen molar-refractivity contribution in [1.29, 1.82) is 0 Å². The van der Waals surface area contributed by atoms with Crippen LogP contribution < -0.4 is 0 Å². The zero-order chi connectivity index (χ0) is 26.9. The molecule has 13 nitrogen and oxygen atoms in total. The number of nitroso groups, excluding NO2 is 1. The lowest BCUT2D eigenvalue weighted by Crippen LogP contribution is -2.44. The molecule has 2 aliphatic heterocycles. The van der Waals surface area contributed by atoms with E-state index >= 15 is 0 Å². The Morgan fingerprint density at radius 2 is 1.31 bits per heavy atom. The standard InChI is InChI=1S/C23H31NO12/c25-14(4-6-16-8-22(24-34,10-18(27)28)12-20(31)35-16)2-1-3-15(26)5-7-17-9-23(33,11-19(29)30)13-21(32)36-17/h16-17,33H,1-13H2,(H,27,28)(H,29,30). The molecule has 3 N–H and O–H groups in total. The summed E-state index contributed by atoms with van der Waals surface area (Å²) in [5.74, 6) is -4.33. The van der Waals surface area contributed by atoms with Crippen molar-refractivity contribution in [3.8, 4) is 0 Å². The van der Waals surface area contributed by atoms with E-state index in [9.17, 15) is 38.8 Å². The molecular formula is C23H31NO12. The summed E-state index contributed by atoms with van der Waals surface area (Å²) in [7, 11) is 0. The van der Waals surface area contributed by atoms with Crippen LogP contribution in [0.25, 0.3) is 0 Å². The van der Waals surface area contributed by atoms with Gasteiger partial charge in [0.25, 0.3) is 0 Å². The van der Waals surface area contributed by atoms with Gasteiger partial charge in [-0.1, -0.05) is 5.18 Å². The minimum atomic E-state index is -1.71. The number of ketones is 2. The van der Waals surface area contributed by atoms with E-state index in [1.165, 1.54) is 0 Å². The molecule has 2 aliphatic rings. The highest BCUT2D eigenvalue weighted by Gasteiger charge is 2.45. The second-order valence-corrected chi connectivity index (χ2v) is 9.67. The Morgan fingerprint density at radius 1 is 0.806 bits per heavy atom. The van der Waals surface area contributed by atoms with Crippen molar-refractivity contribution in [3.05, 3.63) is 4.91 Å². The van der Waals surface area contributed by atoms with E-state index in [-0.39, 0.29) is 69.4 Å². The maximum atomic E-state index is 12.2. The third-order valence-electron chi connectivity index (χ3n) is 6.31. The summed E-state index contributed by atoms with van der Waals surface area (Å²) in [6, 6.07) is 0. The topological polar surface area (TPSA) is 211 Å². The lowest BCUT2D eigenvalue weighted by atomic mass is 9.83. The first-order valence-corrected chi connectivity index (χ1v) is 11.8. The van der Waals surface area contributed by atoms with Gasteiger partial charge in [-0.05, 0) is 19.3 Å². The molecule has 2 heterocycles. The van der Waals surface area contributed by atoms with Crippen molar-refractivity contribution in [2.24, 2.45) is 5.18 Å². The molecule has 4 atom stereocenters. The van der Waals surface area contributed by atoms with Crippen molar-refractivity contribution in [1.82, 2.24) is 0 Å². The number of cyclic esters (lactones) is 2. The van der Waals surface area contributed by atoms with Crippen molar-refractivity contribution in [3.63, 3.8) is 0 Å². The maximum Gasteiger partial charge on any atom is 0.309 e. The molecule has 0 aromatic rings. The van der Waals surface area contributed by atoms with Gasteiger partial charge in [-0.2, -0.15) is 4.91 Å². The SMILES string of the molecule is O=NC1(CC(=O)O)CC(=O)OC(CCC(=O)CCCC(=O)CCC2CC(O)(CC(=O)O)CC(=O)O2)C1. The molecule has 4 unspecified atom stereocenters. The van der Waals surface area contributed by atoms with Gasteiger partial charge in [0.1, 0.15) is 29.3 Å². The molecule has 0 aromatic carbocycles. The van der Waals surface area contributed by atoms with Crippen molar-refractivity contribution in [2.45, 2.75) is 107 Å². The number of hydrogen-bond donors (Lipinski definition) is 3. The van der Waals surface area contributed by atoms with Gasteiger partial charge in [-0.15, -0.1) is 0 Å². The summed E-state index contributed by atoms with van der Waals surface area (Å²) in [5, 5.41) is 31.1. The molecular weight excluding hydrogens is 482 g/mol. The van der Waals surface area contributed by atoms with E-state index < -0.39 is 72.9 Å². The zero-order valence-corrected chi connectivity index (χ0v) is 19.8. The number of rotatable bonds is 15. The Balaban J connectivity index is 1.69. The number of aliphatic hydroxyl groups is 1. The van der Waals surface area contributed by atoms with Gasteiger partial charge in [0, 0.05) is 38.5 Å². The van der Waals surface area contributed by atoms with E-state index in [0.717, 1.165) is 0 Å². The number of esters is 2. The maximum absolute atomic E-state index is 12.2. The Hall–Kier alpha value is -3.22. The second-order valence-electron chi connectivity index (χ2n) is 9.67. The van der Waals surface area contributed by atoms with Gasteiger partial charge in [0.2, 0.25) is 0 Å². The van der Waals surface area contributed by atoms with E-state index in [0.29, 0.717) is 0 Å². The fourth-order valence-electron chi connectivity index (χ4n) is 4.70. The van der Waals surface area contributed by atoms with Gasteiger partial charge in [0.05, 0.1) is 31.3 Å². The highest BCUT2D eigenvalue weighted by atomic mass is 16.6. The number of ether oxygens (including phenoxy) is 2. The number of carboxylic acid groups (broad SMARTS) is 2. The lowest BCUT2D eigenvalue weighted by molar-refractivity contribution is -0.174. The molecule has 0 spiro atoms. The molecule has 0 aliphatic carbocycles. The summed E-state index contributed by atoms with van der Waals surface area (Å²) in [6.07, 6.45) is -2.98. The van der Waals surface area contributed by atoms with Crippen LogP contribution in [0.1, 0.15) is 83.5 Å². The summed E-state index contributed by atoms with van der Waals surface area (Å²) < 4.78 is 10.2. The van der Waals surface area contributed by atoms with Crippen LogP contribution in [0.3, 0.4) is 0 Å². The summed E-state index contributed by atoms with van der Waals surface area (Å²) in [5.41, 5.74) is -3.29. The first kappa shape index (κ1) is 29.0. The number of carbonyl (C=O) groups is 6. The van der Waals surface area contributed by atoms with Crippen LogP contribution in [0.5, 0.6) is 0 Å². The van der Waals surface area contributed by atoms with Gasteiger partial charge >= 0.3 is 23.9 Å². The number of carboxylic acids is 2. The lowest BCUT2D eigenvalue weighted by Gasteiger charge is -2.34. The first-order valence-electron chi connectivity index (χ1n) is 11.8. The molecule has 200 valence electrons. The van der Waals surface area contributed by atoms with Gasteiger partial charge in [-0.25, -0.2) is 0 Å². The molecule has 13 heteroatoms. The summed E-state index contributed by atoms with van der Waals surface area (Å²) in [4.78, 5) is 81.0. The zero-order valence-electron chi connectivity index (χ0n) is 19.8. The van der Waals surface area contributed by atoms with Crippen LogP contribution in [0.15, 0.2) is 5.18 Å². The quantitative estimate of drug-likeness (QED) is 0.210. The van der Waals surface area contributed by atoms with Crippen LogP contribution in [-0.2, 0) is 38.2 Å². The Bertz CT molecular complexity index is 894. The number of nitrogens with zero attached hydrogens (tertiary/aromatic N) is 1.